The van der Waals surface area contributed by atoms with Crippen LogP contribution in [-0.2, 0) is 16.9 Å². The number of ether oxygens (including phenoxy) is 1. The van der Waals surface area contributed by atoms with Crippen LogP contribution in [0.25, 0.3) is 0 Å². The van der Waals surface area contributed by atoms with E-state index in [-0.39, 0.29) is 5.91 Å². The van der Waals surface area contributed by atoms with Gasteiger partial charge < -0.3 is 15.0 Å². The van der Waals surface area contributed by atoms with Crippen LogP contribution in [-0.4, -0.2) is 47.8 Å². The van der Waals surface area contributed by atoms with Crippen LogP contribution in [0, 0.1) is 0 Å². The van der Waals surface area contributed by atoms with Gasteiger partial charge in [0.2, 0.25) is 0 Å². The first-order valence-electron chi connectivity index (χ1n) is 8.25. The second-order valence-electron chi connectivity index (χ2n) is 6.24. The molecule has 0 radical (unpaired) electrons. The molecule has 1 saturated heterocycles. The van der Waals surface area contributed by atoms with Crippen LogP contribution in [0.4, 0.5) is 0 Å². The first-order chi connectivity index (χ1) is 11.7. The van der Waals surface area contributed by atoms with E-state index in [9.17, 15) is 4.79 Å². The minimum atomic E-state index is -0.587. The molecule has 0 bridgehead atoms. The van der Waals surface area contributed by atoms with Crippen LogP contribution in [0.15, 0.2) is 42.7 Å². The summed E-state index contributed by atoms with van der Waals surface area (Å²) in [5.74, 6) is 0.933. The van der Waals surface area contributed by atoms with Crippen LogP contribution in [0.2, 0.25) is 0 Å². The predicted molar refractivity (Wildman–Crippen MR) is 91.8 cm³/mol. The van der Waals surface area contributed by atoms with Crippen molar-refractivity contribution < 1.29 is 9.53 Å². The van der Waals surface area contributed by atoms with Gasteiger partial charge in [-0.25, -0.2) is 0 Å². The third-order valence-electron chi connectivity index (χ3n) is 4.70. The number of nitrogens with one attached hydrogen (secondary N) is 1. The lowest BCUT2D eigenvalue weighted by molar-refractivity contribution is -0.142. The third kappa shape index (κ3) is 3.14. The van der Waals surface area contributed by atoms with Gasteiger partial charge in [-0.3, -0.25) is 9.48 Å². The molecule has 128 valence electrons. The van der Waals surface area contributed by atoms with Gasteiger partial charge >= 0.3 is 0 Å². The van der Waals surface area contributed by atoms with Gasteiger partial charge in [0.05, 0.1) is 7.11 Å². The number of nitrogens with zero attached hydrogens (tertiary/aromatic N) is 3. The Labute approximate surface area is 142 Å². The van der Waals surface area contributed by atoms with Crippen LogP contribution < -0.4 is 10.1 Å². The van der Waals surface area contributed by atoms with Gasteiger partial charge in [0.1, 0.15) is 11.3 Å². The topological polar surface area (TPSA) is 59.4 Å². The normalized spacial score (nSPS) is 16.6. The van der Waals surface area contributed by atoms with Crippen molar-refractivity contribution in [2.24, 2.45) is 0 Å². The zero-order valence-electron chi connectivity index (χ0n) is 14.2. The number of piperidine rings is 1. The summed E-state index contributed by atoms with van der Waals surface area (Å²) in [7, 11) is 3.51. The summed E-state index contributed by atoms with van der Waals surface area (Å²) in [6.07, 6.45) is 5.13. The van der Waals surface area contributed by atoms with Gasteiger partial charge in [0, 0.05) is 26.0 Å². The third-order valence-corrected chi connectivity index (χ3v) is 4.70. The number of rotatable bonds is 5. The van der Waals surface area contributed by atoms with E-state index in [1.165, 1.54) is 0 Å². The zero-order valence-corrected chi connectivity index (χ0v) is 14.2. The molecule has 1 aliphatic rings. The molecular formula is C18H24N4O2. The van der Waals surface area contributed by atoms with Gasteiger partial charge in [0.15, 0.2) is 0 Å². The standard InChI is InChI=1S/C18H24N4O2/c1-21(14-15-4-6-16(24-2)7-5-15)17(23)18(8-11-19-12-9-18)22-13-3-10-20-22/h3-7,10,13,19H,8-9,11-12,14H2,1-2H3. The predicted octanol–water partition coefficient (Wildman–Crippen LogP) is 1.63. The van der Waals surface area contributed by atoms with E-state index < -0.39 is 5.54 Å². The number of hydrogen-bond acceptors (Lipinski definition) is 4. The minimum Gasteiger partial charge on any atom is -0.497 e. The molecule has 6 heteroatoms. The van der Waals surface area contributed by atoms with Crippen molar-refractivity contribution in [3.8, 4) is 5.75 Å². The Bertz CT molecular complexity index is 661. The van der Waals surface area contributed by atoms with Crippen LogP contribution in [0.3, 0.4) is 0 Å². The highest BCUT2D eigenvalue weighted by atomic mass is 16.5. The monoisotopic (exact) mass is 328 g/mol. The molecule has 24 heavy (non-hydrogen) atoms. The molecule has 0 unspecified atom stereocenters. The van der Waals surface area contributed by atoms with E-state index in [1.807, 2.05) is 48.3 Å². The quantitative estimate of drug-likeness (QED) is 0.906. The Kier molecular flexibility index (Phi) is 4.85. The Morgan fingerprint density at radius 1 is 1.33 bits per heavy atom. The summed E-state index contributed by atoms with van der Waals surface area (Å²) in [5.41, 5.74) is 0.492. The Balaban J connectivity index is 1.79. The summed E-state index contributed by atoms with van der Waals surface area (Å²) >= 11 is 0. The molecular weight excluding hydrogens is 304 g/mol. The molecule has 6 nitrogen and oxygen atoms in total. The van der Waals surface area contributed by atoms with Crippen molar-refractivity contribution in [1.82, 2.24) is 20.0 Å². The molecule has 1 fully saturated rings. The lowest BCUT2D eigenvalue weighted by atomic mass is 9.86. The van der Waals surface area contributed by atoms with E-state index in [2.05, 4.69) is 10.4 Å². The van der Waals surface area contributed by atoms with Crippen molar-refractivity contribution in [1.29, 1.82) is 0 Å². The number of benzene rings is 1. The lowest BCUT2D eigenvalue weighted by Gasteiger charge is -2.39. The average molecular weight is 328 g/mol. The highest BCUT2D eigenvalue weighted by molar-refractivity contribution is 5.84. The van der Waals surface area contributed by atoms with Crippen LogP contribution in [0.5, 0.6) is 5.75 Å². The van der Waals surface area contributed by atoms with Gasteiger partial charge in [-0.05, 0) is 49.7 Å². The molecule has 3 rings (SSSR count). The fourth-order valence-corrected chi connectivity index (χ4v) is 3.34. The van der Waals surface area contributed by atoms with Crippen molar-refractivity contribution >= 4 is 5.91 Å². The molecule has 0 saturated carbocycles. The molecule has 0 atom stereocenters. The number of aromatic nitrogens is 2. The number of carbonyl (C=O) groups excluding carboxylic acids is 1. The fraction of sp³-hybridized carbons (Fsp3) is 0.444. The fourth-order valence-electron chi connectivity index (χ4n) is 3.34. The molecule has 1 aliphatic heterocycles. The lowest BCUT2D eigenvalue weighted by Crippen LogP contribution is -2.54. The number of methoxy groups -OCH3 is 1. The van der Waals surface area contributed by atoms with Crippen molar-refractivity contribution in [3.05, 3.63) is 48.3 Å². The van der Waals surface area contributed by atoms with E-state index in [1.54, 1.807) is 18.2 Å². The highest BCUT2D eigenvalue weighted by Gasteiger charge is 2.43. The van der Waals surface area contributed by atoms with E-state index in [0.717, 1.165) is 37.2 Å². The van der Waals surface area contributed by atoms with E-state index >= 15 is 0 Å². The molecule has 2 aromatic rings. The van der Waals surface area contributed by atoms with Crippen LogP contribution in [0.1, 0.15) is 18.4 Å². The summed E-state index contributed by atoms with van der Waals surface area (Å²) in [6.45, 7) is 2.21. The number of hydrogen-bond donors (Lipinski definition) is 1. The van der Waals surface area contributed by atoms with Gasteiger partial charge in [-0.15, -0.1) is 0 Å². The Morgan fingerprint density at radius 3 is 2.62 bits per heavy atom. The smallest absolute Gasteiger partial charge is 0.250 e. The van der Waals surface area contributed by atoms with Gasteiger partial charge in [-0.2, -0.15) is 5.10 Å². The zero-order chi connectivity index (χ0) is 17.0. The summed E-state index contributed by atoms with van der Waals surface area (Å²) in [5, 5.41) is 7.70. The molecule has 1 aromatic heterocycles. The Hall–Kier alpha value is -2.34. The van der Waals surface area contributed by atoms with Gasteiger partial charge in [-0.1, -0.05) is 12.1 Å². The summed E-state index contributed by atoms with van der Waals surface area (Å²) in [6, 6.07) is 9.70. The maximum absolute atomic E-state index is 13.3. The molecule has 1 N–H and O–H groups in total. The maximum Gasteiger partial charge on any atom is 0.250 e. The Morgan fingerprint density at radius 2 is 2.04 bits per heavy atom. The SMILES string of the molecule is COc1ccc(CN(C)C(=O)C2(n3cccn3)CCNCC2)cc1. The van der Waals surface area contributed by atoms with E-state index in [0.29, 0.717) is 6.54 Å². The first-order valence-corrected chi connectivity index (χ1v) is 8.25. The van der Waals surface area contributed by atoms with Crippen molar-refractivity contribution in [3.63, 3.8) is 0 Å². The van der Waals surface area contributed by atoms with Crippen molar-refractivity contribution in [2.45, 2.75) is 24.9 Å². The van der Waals surface area contributed by atoms with Crippen molar-refractivity contribution in [2.75, 3.05) is 27.2 Å². The van der Waals surface area contributed by atoms with Crippen LogP contribution >= 0.6 is 0 Å². The molecule has 0 aliphatic carbocycles. The maximum atomic E-state index is 13.3. The molecule has 1 aromatic carbocycles. The number of likely N-dealkylation sites (N-methyl/N-ethyl adjacent to an activating group) is 1. The first kappa shape index (κ1) is 16.5. The summed E-state index contributed by atoms with van der Waals surface area (Å²) in [4.78, 5) is 15.1. The van der Waals surface area contributed by atoms with E-state index in [4.69, 9.17) is 4.74 Å². The minimum absolute atomic E-state index is 0.114. The largest absolute Gasteiger partial charge is 0.497 e. The summed E-state index contributed by atoms with van der Waals surface area (Å²) < 4.78 is 7.02. The second kappa shape index (κ2) is 7.05. The van der Waals surface area contributed by atoms with Gasteiger partial charge in [0.25, 0.3) is 5.91 Å². The number of carbonyl (C=O) groups is 1. The molecule has 0 spiro atoms. The number of amides is 1. The average Bonchev–Trinajstić information content (AvgIpc) is 3.17. The molecule has 1 amide bonds. The highest BCUT2D eigenvalue weighted by Crippen LogP contribution is 2.29. The molecule has 2 heterocycles. The second-order valence-corrected chi connectivity index (χ2v) is 6.24.